The van der Waals surface area contributed by atoms with Gasteiger partial charge in [0.2, 0.25) is 0 Å². The summed E-state index contributed by atoms with van der Waals surface area (Å²) in [5, 5.41) is 0.498. The molecule has 1 aromatic carbocycles. The molecule has 1 atom stereocenters. The van der Waals surface area contributed by atoms with Gasteiger partial charge in [-0.15, -0.1) is 0 Å². The third-order valence-electron chi connectivity index (χ3n) is 6.07. The van der Waals surface area contributed by atoms with Crippen LogP contribution in [0.1, 0.15) is 57.9 Å². The lowest BCUT2D eigenvalue weighted by Crippen LogP contribution is -2.44. The zero-order chi connectivity index (χ0) is 25.7. The van der Waals surface area contributed by atoms with Gasteiger partial charge in [0.05, 0.1) is 24.7 Å². The van der Waals surface area contributed by atoms with E-state index in [4.69, 9.17) is 18.2 Å². The maximum Gasteiger partial charge on any atom is 0.412 e. The number of aryl methyl sites for hydroxylation is 2. The molecule has 0 N–H and O–H groups in total. The molecule has 1 heterocycles. The summed E-state index contributed by atoms with van der Waals surface area (Å²) >= 11 is 0. The van der Waals surface area contributed by atoms with E-state index in [0.717, 1.165) is 11.1 Å². The van der Waals surface area contributed by atoms with Crippen LogP contribution in [0.25, 0.3) is 5.31 Å². The Kier molecular flexibility index (Phi) is 9.20. The van der Waals surface area contributed by atoms with Gasteiger partial charge in [0.25, 0.3) is 8.32 Å². The second-order valence-electron chi connectivity index (χ2n) is 9.81. The van der Waals surface area contributed by atoms with Gasteiger partial charge < -0.3 is 13.7 Å². The third kappa shape index (κ3) is 6.32. The maximum absolute atomic E-state index is 14.2. The quantitative estimate of drug-likeness (QED) is 0.240. The van der Waals surface area contributed by atoms with Crippen molar-refractivity contribution < 1.29 is 22.8 Å². The van der Waals surface area contributed by atoms with Crippen molar-refractivity contribution in [1.82, 2.24) is 4.98 Å². The monoisotopic (exact) mass is 505 g/mol. The number of nitrogens with zero attached hydrogens (tertiary/aromatic N) is 1. The lowest BCUT2D eigenvalue weighted by molar-refractivity contribution is 0.289. The number of aromatic nitrogens is 1. The van der Waals surface area contributed by atoms with E-state index in [1.807, 2.05) is 45.0 Å². The summed E-state index contributed by atoms with van der Waals surface area (Å²) in [5.74, 6) is 1.62. The van der Waals surface area contributed by atoms with Crippen LogP contribution in [0.4, 0.5) is 0 Å². The van der Waals surface area contributed by atoms with Crippen LogP contribution in [-0.2, 0) is 9.09 Å². The molecule has 2 rings (SSSR count). The van der Waals surface area contributed by atoms with Crippen LogP contribution in [0, 0.1) is 13.8 Å². The molecule has 1 aromatic heterocycles. The van der Waals surface area contributed by atoms with Crippen LogP contribution in [-0.4, -0.2) is 27.0 Å². The molecule has 0 aliphatic rings. The third-order valence-corrected chi connectivity index (χ3v) is 12.4. The van der Waals surface area contributed by atoms with Gasteiger partial charge in [0, 0.05) is 12.3 Å². The van der Waals surface area contributed by atoms with Crippen LogP contribution >= 0.6 is 7.60 Å². The Morgan fingerprint density at radius 3 is 2.35 bits per heavy atom. The standard InChI is InChI=1S/C26H40NO5PSi/c1-11-14-23(24-19(3)15-13-16-27-24)33(28,30-12-2)31-21-17-20(4)25(22(18-21)29-8)32-34(9,10)26(5,6)7/h13-18H,11-12H2,1-10H3/b23-14+. The first-order valence-corrected chi connectivity index (χ1v) is 16.2. The zero-order valence-electron chi connectivity index (χ0n) is 22.3. The summed E-state index contributed by atoms with van der Waals surface area (Å²) in [6.45, 7) is 18.8. The first-order chi connectivity index (χ1) is 15.8. The Labute approximate surface area is 206 Å². The predicted molar refractivity (Wildman–Crippen MR) is 143 cm³/mol. The van der Waals surface area contributed by atoms with Crippen molar-refractivity contribution >= 4 is 21.2 Å². The molecule has 0 spiro atoms. The van der Waals surface area contributed by atoms with E-state index in [1.165, 1.54) is 0 Å². The number of ether oxygens (including phenoxy) is 1. The van der Waals surface area contributed by atoms with E-state index in [2.05, 4.69) is 38.8 Å². The Morgan fingerprint density at radius 1 is 1.15 bits per heavy atom. The molecule has 34 heavy (non-hydrogen) atoms. The molecular formula is C26H40NO5PSi. The van der Waals surface area contributed by atoms with Gasteiger partial charge in [-0.25, -0.2) is 4.57 Å². The van der Waals surface area contributed by atoms with Gasteiger partial charge in [-0.1, -0.05) is 39.8 Å². The number of allylic oxidation sites excluding steroid dienone is 1. The normalized spacial score (nSPS) is 14.5. The molecule has 0 aliphatic carbocycles. The summed E-state index contributed by atoms with van der Waals surface area (Å²) in [6.07, 6.45) is 4.21. The Balaban J connectivity index is 2.55. The minimum absolute atomic E-state index is 0.0324. The summed E-state index contributed by atoms with van der Waals surface area (Å²) in [6, 6.07) is 7.33. The van der Waals surface area contributed by atoms with Gasteiger partial charge >= 0.3 is 7.60 Å². The number of benzene rings is 1. The van der Waals surface area contributed by atoms with Gasteiger partial charge in [-0.3, -0.25) is 9.51 Å². The van der Waals surface area contributed by atoms with Crippen molar-refractivity contribution in [3.05, 3.63) is 53.4 Å². The van der Waals surface area contributed by atoms with Crippen LogP contribution in [0.3, 0.4) is 0 Å². The molecule has 0 radical (unpaired) electrons. The molecule has 6 nitrogen and oxygen atoms in total. The SMILES string of the molecule is CC/C=C(\c1ncccc1C)P(=O)(OCC)Oc1cc(C)c(O[Si](C)(C)C(C)(C)C)c(OC)c1. The summed E-state index contributed by atoms with van der Waals surface area (Å²) in [7, 11) is -4.24. The minimum Gasteiger partial charge on any atom is -0.541 e. The number of hydrogen-bond acceptors (Lipinski definition) is 6. The molecule has 0 amide bonds. The molecule has 0 fully saturated rings. The highest BCUT2D eigenvalue weighted by Gasteiger charge is 2.40. The smallest absolute Gasteiger partial charge is 0.412 e. The van der Waals surface area contributed by atoms with E-state index in [-0.39, 0.29) is 11.6 Å². The summed E-state index contributed by atoms with van der Waals surface area (Å²) in [5.41, 5.74) is 2.36. The van der Waals surface area contributed by atoms with E-state index in [9.17, 15) is 4.57 Å². The van der Waals surface area contributed by atoms with Crippen LogP contribution < -0.4 is 13.7 Å². The Morgan fingerprint density at radius 2 is 1.82 bits per heavy atom. The molecular weight excluding hydrogens is 465 g/mol. The highest BCUT2D eigenvalue weighted by Crippen LogP contribution is 2.61. The maximum atomic E-state index is 14.2. The highest BCUT2D eigenvalue weighted by atomic mass is 31.2. The number of pyridine rings is 1. The average molecular weight is 506 g/mol. The highest BCUT2D eigenvalue weighted by molar-refractivity contribution is 7.65. The first kappa shape index (κ1) is 28.2. The topological polar surface area (TPSA) is 66.9 Å². The van der Waals surface area contributed by atoms with Crippen molar-refractivity contribution in [3.8, 4) is 17.2 Å². The molecule has 0 saturated carbocycles. The second-order valence-corrected chi connectivity index (χ2v) is 16.4. The van der Waals surface area contributed by atoms with Crippen LogP contribution in [0.2, 0.25) is 18.1 Å². The van der Waals surface area contributed by atoms with E-state index in [1.54, 1.807) is 26.3 Å². The Bertz CT molecular complexity index is 1080. The molecule has 1 unspecified atom stereocenters. The second kappa shape index (κ2) is 11.1. The summed E-state index contributed by atoms with van der Waals surface area (Å²) < 4.78 is 38.3. The van der Waals surface area contributed by atoms with E-state index in [0.29, 0.717) is 34.7 Å². The van der Waals surface area contributed by atoms with Crippen LogP contribution in [0.15, 0.2) is 36.5 Å². The largest absolute Gasteiger partial charge is 0.541 e. The van der Waals surface area contributed by atoms with Crippen molar-refractivity contribution in [1.29, 1.82) is 0 Å². The van der Waals surface area contributed by atoms with Crippen LogP contribution in [0.5, 0.6) is 17.2 Å². The fourth-order valence-corrected chi connectivity index (χ4v) is 6.18. The summed E-state index contributed by atoms with van der Waals surface area (Å²) in [4.78, 5) is 4.48. The fourth-order valence-electron chi connectivity index (χ4n) is 3.19. The number of hydrogen-bond donors (Lipinski definition) is 0. The average Bonchev–Trinajstić information content (AvgIpc) is 2.73. The lowest BCUT2D eigenvalue weighted by atomic mass is 10.2. The van der Waals surface area contributed by atoms with Gasteiger partial charge in [-0.05, 0) is 68.6 Å². The molecule has 0 saturated heterocycles. The van der Waals surface area contributed by atoms with Crippen molar-refractivity contribution in [2.75, 3.05) is 13.7 Å². The van der Waals surface area contributed by atoms with Crippen molar-refractivity contribution in [2.45, 2.75) is 73.0 Å². The van der Waals surface area contributed by atoms with E-state index >= 15 is 0 Å². The molecule has 8 heteroatoms. The van der Waals surface area contributed by atoms with Gasteiger partial charge in [0.1, 0.15) is 11.5 Å². The lowest BCUT2D eigenvalue weighted by Gasteiger charge is -2.37. The van der Waals surface area contributed by atoms with E-state index < -0.39 is 15.9 Å². The van der Waals surface area contributed by atoms with Crippen molar-refractivity contribution in [3.63, 3.8) is 0 Å². The molecule has 0 bridgehead atoms. The first-order valence-electron chi connectivity index (χ1n) is 11.7. The molecule has 188 valence electrons. The number of rotatable bonds is 10. The molecule has 2 aromatic rings. The minimum atomic E-state index is -3.74. The molecule has 0 aliphatic heterocycles. The fraction of sp³-hybridized carbons (Fsp3) is 0.500. The van der Waals surface area contributed by atoms with Crippen molar-refractivity contribution in [2.24, 2.45) is 0 Å². The Hall–Kier alpha value is -2.08. The zero-order valence-corrected chi connectivity index (χ0v) is 24.2. The van der Waals surface area contributed by atoms with Gasteiger partial charge in [-0.2, -0.15) is 0 Å². The number of methoxy groups -OCH3 is 1. The predicted octanol–water partition coefficient (Wildman–Crippen LogP) is 8.15. The van der Waals surface area contributed by atoms with Gasteiger partial charge in [0.15, 0.2) is 5.75 Å².